The third kappa shape index (κ3) is 4.33. The second-order valence-corrected chi connectivity index (χ2v) is 7.43. The van der Waals surface area contributed by atoms with Crippen molar-refractivity contribution in [3.8, 4) is 5.69 Å². The summed E-state index contributed by atoms with van der Waals surface area (Å²) < 4.78 is 13.8. The van der Waals surface area contributed by atoms with Gasteiger partial charge in [0.05, 0.1) is 18.3 Å². The highest BCUT2D eigenvalue weighted by atomic mass is 16.6. The van der Waals surface area contributed by atoms with Crippen LogP contribution in [0.25, 0.3) is 16.7 Å². The number of aromatic nitrogens is 5. The summed E-state index contributed by atoms with van der Waals surface area (Å²) in [4.78, 5) is 38.5. The summed E-state index contributed by atoms with van der Waals surface area (Å²) in [5.41, 5.74) is 2.73. The number of hydrogen-bond acceptors (Lipinski definition) is 9. The Bertz CT molecular complexity index is 1380. The van der Waals surface area contributed by atoms with E-state index in [0.717, 1.165) is 17.2 Å². The SMILES string of the molecule is CC(=O)OC(c1ccc(-n2nnc3ccccc32)cc1)C(OC(C)=O)c1ncc([N+](=O)[O-])n1C. The van der Waals surface area contributed by atoms with E-state index in [9.17, 15) is 19.7 Å². The number of carbonyl (C=O) groups excluding carboxylic acids is 2. The standard InChI is InChI=1S/C22H20N6O6/c1-13(29)33-20(21(34-14(2)30)22-23-12-19(26(22)3)28(31)32)15-8-10-16(11-9-15)27-18-7-5-4-6-17(18)24-25-27/h4-12,20-21H,1-3H3. The summed E-state index contributed by atoms with van der Waals surface area (Å²) in [6, 6.07) is 14.3. The molecule has 0 bridgehead atoms. The van der Waals surface area contributed by atoms with Gasteiger partial charge < -0.3 is 19.6 Å². The largest absolute Gasteiger partial charge is 0.453 e. The Labute approximate surface area is 192 Å². The topological polar surface area (TPSA) is 144 Å². The van der Waals surface area contributed by atoms with Crippen LogP contribution in [0.4, 0.5) is 5.82 Å². The van der Waals surface area contributed by atoms with E-state index in [-0.39, 0.29) is 11.6 Å². The van der Waals surface area contributed by atoms with Crippen LogP contribution in [0.15, 0.2) is 54.7 Å². The molecule has 4 rings (SSSR count). The number of ether oxygens (including phenoxy) is 2. The molecule has 0 spiro atoms. The Hall–Kier alpha value is -4.61. The molecule has 0 aliphatic heterocycles. The van der Waals surface area contributed by atoms with Crippen LogP contribution in [0.5, 0.6) is 0 Å². The van der Waals surface area contributed by atoms with Gasteiger partial charge in [-0.1, -0.05) is 29.5 Å². The number of rotatable bonds is 7. The predicted octanol–water partition coefficient (Wildman–Crippen LogP) is 2.97. The molecule has 0 fully saturated rings. The minimum atomic E-state index is -1.22. The molecule has 2 aromatic heterocycles. The molecule has 0 N–H and O–H groups in total. The zero-order valence-corrected chi connectivity index (χ0v) is 18.5. The quantitative estimate of drug-likeness (QED) is 0.229. The molecule has 0 saturated heterocycles. The average molecular weight is 464 g/mol. The summed E-state index contributed by atoms with van der Waals surface area (Å²) in [5, 5.41) is 19.6. The average Bonchev–Trinajstić information content (AvgIpc) is 3.40. The lowest BCUT2D eigenvalue weighted by Gasteiger charge is -2.25. The first-order valence-corrected chi connectivity index (χ1v) is 10.2. The molecule has 174 valence electrons. The molecule has 0 amide bonds. The Kier molecular flexibility index (Phi) is 6.04. The lowest BCUT2D eigenvalue weighted by Crippen LogP contribution is -2.24. The fourth-order valence-electron chi connectivity index (χ4n) is 3.63. The van der Waals surface area contributed by atoms with Crippen molar-refractivity contribution in [2.45, 2.75) is 26.1 Å². The van der Waals surface area contributed by atoms with Gasteiger partial charge in [0, 0.05) is 13.8 Å². The molecule has 0 radical (unpaired) electrons. The maximum absolute atomic E-state index is 11.9. The van der Waals surface area contributed by atoms with E-state index in [2.05, 4.69) is 15.3 Å². The molecule has 2 unspecified atom stereocenters. The highest BCUT2D eigenvalue weighted by Gasteiger charge is 2.37. The monoisotopic (exact) mass is 464 g/mol. The summed E-state index contributed by atoms with van der Waals surface area (Å²) in [6.45, 7) is 2.41. The number of para-hydroxylation sites is 1. The maximum atomic E-state index is 11.9. The summed E-state index contributed by atoms with van der Waals surface area (Å²) in [5.74, 6) is -1.54. The van der Waals surface area contributed by atoms with Gasteiger partial charge in [-0.25, -0.2) is 14.2 Å². The summed E-state index contributed by atoms with van der Waals surface area (Å²) in [7, 11) is 1.42. The van der Waals surface area contributed by atoms with Crippen LogP contribution in [0.2, 0.25) is 0 Å². The first-order chi connectivity index (χ1) is 16.3. The van der Waals surface area contributed by atoms with Gasteiger partial charge in [0.2, 0.25) is 11.9 Å². The minimum Gasteiger partial charge on any atom is -0.453 e. The van der Waals surface area contributed by atoms with E-state index in [4.69, 9.17) is 9.47 Å². The number of carbonyl (C=O) groups is 2. The van der Waals surface area contributed by atoms with Crippen molar-refractivity contribution in [3.05, 3.63) is 76.2 Å². The van der Waals surface area contributed by atoms with Crippen LogP contribution in [-0.2, 0) is 26.1 Å². The van der Waals surface area contributed by atoms with Crippen molar-refractivity contribution in [3.63, 3.8) is 0 Å². The highest BCUT2D eigenvalue weighted by Crippen LogP contribution is 2.36. The van der Waals surface area contributed by atoms with Gasteiger partial charge in [-0.3, -0.25) is 9.59 Å². The number of esters is 2. The number of hydrogen-bond donors (Lipinski definition) is 0. The fraction of sp³-hybridized carbons (Fsp3) is 0.227. The van der Waals surface area contributed by atoms with Crippen molar-refractivity contribution in [2.75, 3.05) is 0 Å². The number of nitro groups is 1. The van der Waals surface area contributed by atoms with Crippen molar-refractivity contribution in [1.82, 2.24) is 24.5 Å². The van der Waals surface area contributed by atoms with Gasteiger partial charge in [-0.15, -0.1) is 5.10 Å². The molecule has 0 saturated carbocycles. The van der Waals surface area contributed by atoms with Crippen molar-refractivity contribution in [2.24, 2.45) is 7.05 Å². The van der Waals surface area contributed by atoms with Crippen molar-refractivity contribution in [1.29, 1.82) is 0 Å². The predicted molar refractivity (Wildman–Crippen MR) is 118 cm³/mol. The second-order valence-electron chi connectivity index (χ2n) is 7.43. The lowest BCUT2D eigenvalue weighted by molar-refractivity contribution is -0.392. The van der Waals surface area contributed by atoms with Gasteiger partial charge >= 0.3 is 17.8 Å². The Morgan fingerprint density at radius 3 is 2.26 bits per heavy atom. The van der Waals surface area contributed by atoms with Crippen LogP contribution in [0.1, 0.15) is 37.4 Å². The second kappa shape index (κ2) is 9.10. The number of nitrogens with zero attached hydrogens (tertiary/aromatic N) is 6. The zero-order chi connectivity index (χ0) is 24.4. The molecule has 4 aromatic rings. The van der Waals surface area contributed by atoms with E-state index >= 15 is 0 Å². The molecular weight excluding hydrogens is 444 g/mol. The molecule has 12 heteroatoms. The Morgan fingerprint density at radius 2 is 1.65 bits per heavy atom. The van der Waals surface area contributed by atoms with Crippen LogP contribution in [0.3, 0.4) is 0 Å². The minimum absolute atomic E-state index is 0.0551. The summed E-state index contributed by atoms with van der Waals surface area (Å²) in [6.07, 6.45) is -1.28. The van der Waals surface area contributed by atoms with Crippen LogP contribution >= 0.6 is 0 Å². The Morgan fingerprint density at radius 1 is 1.00 bits per heavy atom. The molecule has 12 nitrogen and oxygen atoms in total. The smallest absolute Gasteiger partial charge is 0.342 e. The van der Waals surface area contributed by atoms with Gasteiger partial charge in [-0.2, -0.15) is 0 Å². The van der Waals surface area contributed by atoms with Crippen LogP contribution < -0.4 is 0 Å². The van der Waals surface area contributed by atoms with Crippen LogP contribution in [-0.4, -0.2) is 41.4 Å². The van der Waals surface area contributed by atoms with E-state index in [0.29, 0.717) is 11.3 Å². The zero-order valence-electron chi connectivity index (χ0n) is 18.5. The maximum Gasteiger partial charge on any atom is 0.342 e. The lowest BCUT2D eigenvalue weighted by atomic mass is 10.0. The third-order valence-electron chi connectivity index (χ3n) is 5.12. The first kappa shape index (κ1) is 22.6. The van der Waals surface area contributed by atoms with Gasteiger partial charge in [0.15, 0.2) is 6.10 Å². The fourth-order valence-corrected chi connectivity index (χ4v) is 3.63. The molecule has 2 atom stereocenters. The highest BCUT2D eigenvalue weighted by molar-refractivity contribution is 5.75. The van der Waals surface area contributed by atoms with Gasteiger partial charge in [-0.05, 0) is 34.8 Å². The van der Waals surface area contributed by atoms with E-state index < -0.39 is 29.1 Å². The van der Waals surface area contributed by atoms with Crippen molar-refractivity contribution < 1.29 is 24.0 Å². The normalized spacial score (nSPS) is 12.8. The Balaban J connectivity index is 1.75. The summed E-state index contributed by atoms with van der Waals surface area (Å²) >= 11 is 0. The molecule has 2 aromatic carbocycles. The molecule has 2 heterocycles. The number of imidazole rings is 1. The van der Waals surface area contributed by atoms with E-state index in [1.807, 2.05) is 24.3 Å². The first-order valence-electron chi connectivity index (χ1n) is 10.2. The third-order valence-corrected chi connectivity index (χ3v) is 5.12. The molecule has 34 heavy (non-hydrogen) atoms. The van der Waals surface area contributed by atoms with Crippen LogP contribution in [0, 0.1) is 10.1 Å². The van der Waals surface area contributed by atoms with Crippen molar-refractivity contribution >= 4 is 28.8 Å². The number of benzene rings is 2. The van der Waals surface area contributed by atoms with Gasteiger partial charge in [0.25, 0.3) is 0 Å². The molecule has 0 aliphatic rings. The van der Waals surface area contributed by atoms with E-state index in [1.54, 1.807) is 28.9 Å². The molecular formula is C22H20N6O6. The van der Waals surface area contributed by atoms with E-state index in [1.165, 1.54) is 25.5 Å². The van der Waals surface area contributed by atoms with Gasteiger partial charge in [0.1, 0.15) is 11.7 Å². The molecule has 0 aliphatic carbocycles. The number of fused-ring (bicyclic) bond motifs is 1.